The van der Waals surface area contributed by atoms with Gasteiger partial charge in [0.1, 0.15) is 0 Å². The van der Waals surface area contributed by atoms with Gasteiger partial charge in [-0.2, -0.15) is 0 Å². The van der Waals surface area contributed by atoms with Crippen molar-refractivity contribution in [3.05, 3.63) is 60.8 Å². The molecule has 2 aliphatic rings. The Hall–Kier alpha value is -1.63. The molecular weight excluding hydrogens is 206 g/mol. The van der Waals surface area contributed by atoms with Gasteiger partial charge in [-0.1, -0.05) is 62.1 Å². The number of allylic oxidation sites excluding steroid dienone is 6. The molecule has 0 saturated carbocycles. The lowest BCUT2D eigenvalue weighted by atomic mass is 9.84. The molecule has 1 heterocycles. The molecule has 88 valence electrons. The van der Waals surface area contributed by atoms with Crippen LogP contribution in [0, 0.1) is 5.92 Å². The van der Waals surface area contributed by atoms with Gasteiger partial charge < -0.3 is 0 Å². The normalized spacial score (nSPS) is 27.2. The molecule has 0 aromatic heterocycles. The second-order valence-corrected chi connectivity index (χ2v) is 4.42. The van der Waals surface area contributed by atoms with E-state index in [1.165, 1.54) is 11.3 Å². The van der Waals surface area contributed by atoms with E-state index in [4.69, 9.17) is 4.99 Å². The van der Waals surface area contributed by atoms with Crippen molar-refractivity contribution in [2.24, 2.45) is 10.9 Å². The minimum Gasteiger partial charge on any atom is -0.281 e. The fraction of sp³-hybridized carbons (Fsp3) is 0.312. The van der Waals surface area contributed by atoms with Crippen LogP contribution in [-0.4, -0.2) is 11.8 Å². The average Bonchev–Trinajstić information content (AvgIpc) is 2.79. The number of rotatable bonds is 4. The largest absolute Gasteiger partial charge is 0.281 e. The minimum absolute atomic E-state index is 0.332. The zero-order chi connectivity index (χ0) is 12.3. The van der Waals surface area contributed by atoms with Gasteiger partial charge in [0.05, 0.1) is 6.04 Å². The minimum atomic E-state index is 0.332. The average molecular weight is 225 g/mol. The van der Waals surface area contributed by atoms with Gasteiger partial charge in [0.25, 0.3) is 0 Å². The SMILES string of the molecule is C=C/C=C(\C=C)C1=NC2C=CC=C(CC)C2C1. The standard InChI is InChI=1S/C16H19N/c1-4-8-13(6-3)16-11-14-12(5-2)9-7-10-15(14)17-16/h4,6-10,14-15H,1,3,5,11H2,2H3/b13-8+. The summed E-state index contributed by atoms with van der Waals surface area (Å²) in [6.07, 6.45) is 14.4. The van der Waals surface area contributed by atoms with Crippen LogP contribution in [0.25, 0.3) is 0 Å². The Morgan fingerprint density at radius 3 is 3.00 bits per heavy atom. The van der Waals surface area contributed by atoms with Crippen molar-refractivity contribution in [2.45, 2.75) is 25.8 Å². The summed E-state index contributed by atoms with van der Waals surface area (Å²) in [6.45, 7) is 9.80. The van der Waals surface area contributed by atoms with E-state index in [9.17, 15) is 0 Å². The van der Waals surface area contributed by atoms with Gasteiger partial charge in [0.15, 0.2) is 0 Å². The molecule has 17 heavy (non-hydrogen) atoms. The molecule has 0 amide bonds. The molecule has 0 aromatic carbocycles. The van der Waals surface area contributed by atoms with E-state index in [1.807, 2.05) is 12.2 Å². The smallest absolute Gasteiger partial charge is 0.0755 e. The van der Waals surface area contributed by atoms with E-state index in [1.54, 1.807) is 6.08 Å². The van der Waals surface area contributed by atoms with Gasteiger partial charge in [-0.25, -0.2) is 0 Å². The molecule has 0 radical (unpaired) electrons. The molecule has 1 aliphatic heterocycles. The summed E-state index contributed by atoms with van der Waals surface area (Å²) in [4.78, 5) is 4.80. The van der Waals surface area contributed by atoms with Gasteiger partial charge in [0.2, 0.25) is 0 Å². The van der Waals surface area contributed by atoms with Crippen LogP contribution in [0.5, 0.6) is 0 Å². The van der Waals surface area contributed by atoms with Crippen molar-refractivity contribution < 1.29 is 0 Å². The quantitative estimate of drug-likeness (QED) is 0.641. The van der Waals surface area contributed by atoms with Gasteiger partial charge in [-0.05, 0) is 18.4 Å². The third-order valence-corrected chi connectivity index (χ3v) is 3.48. The molecule has 1 aliphatic carbocycles. The van der Waals surface area contributed by atoms with Crippen LogP contribution in [0.2, 0.25) is 0 Å². The Kier molecular flexibility index (Phi) is 3.58. The first-order chi connectivity index (χ1) is 8.30. The van der Waals surface area contributed by atoms with Gasteiger partial charge >= 0.3 is 0 Å². The summed E-state index contributed by atoms with van der Waals surface area (Å²) in [5.74, 6) is 0.563. The summed E-state index contributed by atoms with van der Waals surface area (Å²) in [5, 5.41) is 0. The molecule has 1 nitrogen and oxygen atoms in total. The van der Waals surface area contributed by atoms with E-state index in [-0.39, 0.29) is 0 Å². The predicted octanol–water partition coefficient (Wildman–Crippen LogP) is 4.02. The van der Waals surface area contributed by atoms with E-state index in [0.29, 0.717) is 12.0 Å². The zero-order valence-corrected chi connectivity index (χ0v) is 10.4. The summed E-state index contributed by atoms with van der Waals surface area (Å²) in [5.41, 5.74) is 3.79. The van der Waals surface area contributed by atoms with Crippen LogP contribution < -0.4 is 0 Å². The number of fused-ring (bicyclic) bond motifs is 1. The molecule has 2 atom stereocenters. The highest BCUT2D eigenvalue weighted by Gasteiger charge is 2.31. The molecule has 0 spiro atoms. The van der Waals surface area contributed by atoms with Crippen LogP contribution in [0.1, 0.15) is 19.8 Å². The van der Waals surface area contributed by atoms with Crippen molar-refractivity contribution in [3.63, 3.8) is 0 Å². The highest BCUT2D eigenvalue weighted by Crippen LogP contribution is 2.35. The van der Waals surface area contributed by atoms with Gasteiger partial charge in [0, 0.05) is 11.6 Å². The summed E-state index contributed by atoms with van der Waals surface area (Å²) < 4.78 is 0. The Balaban J connectivity index is 2.24. The van der Waals surface area contributed by atoms with Crippen LogP contribution >= 0.6 is 0 Å². The number of nitrogens with zero attached hydrogens (tertiary/aromatic N) is 1. The topological polar surface area (TPSA) is 12.4 Å². The lowest BCUT2D eigenvalue weighted by Crippen LogP contribution is -2.16. The van der Waals surface area contributed by atoms with Crippen molar-refractivity contribution in [2.75, 3.05) is 0 Å². The first kappa shape index (κ1) is 11.8. The van der Waals surface area contributed by atoms with Gasteiger partial charge in [-0.15, -0.1) is 0 Å². The predicted molar refractivity (Wildman–Crippen MR) is 75.3 cm³/mol. The third kappa shape index (κ3) is 2.23. The van der Waals surface area contributed by atoms with Gasteiger partial charge in [-0.3, -0.25) is 4.99 Å². The van der Waals surface area contributed by atoms with Crippen LogP contribution in [0.4, 0.5) is 0 Å². The van der Waals surface area contributed by atoms with Crippen molar-refractivity contribution in [1.29, 1.82) is 0 Å². The van der Waals surface area contributed by atoms with Crippen LogP contribution in [-0.2, 0) is 0 Å². The maximum atomic E-state index is 4.80. The summed E-state index contributed by atoms with van der Waals surface area (Å²) in [7, 11) is 0. The lowest BCUT2D eigenvalue weighted by Gasteiger charge is -2.20. The Bertz CT molecular complexity index is 446. The number of hydrogen-bond acceptors (Lipinski definition) is 1. The molecule has 2 unspecified atom stereocenters. The first-order valence-electron chi connectivity index (χ1n) is 6.19. The molecular formula is C16H19N. The molecule has 1 heteroatoms. The molecule has 0 fully saturated rings. The van der Waals surface area contributed by atoms with Crippen molar-refractivity contribution in [3.8, 4) is 0 Å². The fourth-order valence-corrected chi connectivity index (χ4v) is 2.58. The monoisotopic (exact) mass is 225 g/mol. The third-order valence-electron chi connectivity index (χ3n) is 3.48. The summed E-state index contributed by atoms with van der Waals surface area (Å²) >= 11 is 0. The maximum absolute atomic E-state index is 4.80. The fourth-order valence-electron chi connectivity index (χ4n) is 2.58. The summed E-state index contributed by atoms with van der Waals surface area (Å²) in [6, 6.07) is 0.332. The Labute approximate surface area is 104 Å². The van der Waals surface area contributed by atoms with E-state index in [0.717, 1.165) is 18.4 Å². The highest BCUT2D eigenvalue weighted by molar-refractivity contribution is 6.04. The van der Waals surface area contributed by atoms with Crippen LogP contribution in [0.15, 0.2) is 65.8 Å². The maximum Gasteiger partial charge on any atom is 0.0755 e. The molecule has 0 saturated heterocycles. The molecule has 2 rings (SSSR count). The number of hydrogen-bond donors (Lipinski definition) is 0. The van der Waals surface area contributed by atoms with Crippen LogP contribution in [0.3, 0.4) is 0 Å². The van der Waals surface area contributed by atoms with E-state index >= 15 is 0 Å². The molecule has 0 aromatic rings. The highest BCUT2D eigenvalue weighted by atomic mass is 14.8. The Morgan fingerprint density at radius 1 is 1.53 bits per heavy atom. The second-order valence-electron chi connectivity index (χ2n) is 4.42. The second kappa shape index (κ2) is 5.13. The Morgan fingerprint density at radius 2 is 2.35 bits per heavy atom. The molecule has 0 bridgehead atoms. The van der Waals surface area contributed by atoms with Crippen molar-refractivity contribution >= 4 is 5.71 Å². The van der Waals surface area contributed by atoms with E-state index < -0.39 is 0 Å². The number of aliphatic imine (C=N–C) groups is 1. The van der Waals surface area contributed by atoms with E-state index in [2.05, 4.69) is 38.3 Å². The first-order valence-corrected chi connectivity index (χ1v) is 6.19. The lowest BCUT2D eigenvalue weighted by molar-refractivity contribution is 0.582. The zero-order valence-electron chi connectivity index (χ0n) is 10.4. The molecule has 0 N–H and O–H groups in total. The van der Waals surface area contributed by atoms with Crippen molar-refractivity contribution in [1.82, 2.24) is 0 Å².